The Morgan fingerprint density at radius 1 is 1.24 bits per heavy atom. The molecule has 0 fully saturated rings. The second-order valence-corrected chi connectivity index (χ2v) is 5.49. The zero-order chi connectivity index (χ0) is 12.5. The van der Waals surface area contributed by atoms with Gasteiger partial charge in [-0.1, -0.05) is 24.4 Å². The Hall–Kier alpha value is -0.540. The number of benzene rings is 1. The van der Waals surface area contributed by atoms with Crippen molar-refractivity contribution < 1.29 is 0 Å². The number of unbranched alkanes of at least 4 members (excludes halogenated alkanes) is 3. The van der Waals surface area contributed by atoms with E-state index in [0.29, 0.717) is 5.02 Å². The smallest absolute Gasteiger partial charge is 0.0574 e. The van der Waals surface area contributed by atoms with E-state index in [4.69, 9.17) is 17.3 Å². The number of hydrogen-bond donors (Lipinski definition) is 2. The van der Waals surface area contributed by atoms with Gasteiger partial charge in [-0.15, -0.1) is 0 Å². The van der Waals surface area contributed by atoms with E-state index < -0.39 is 0 Å². The van der Waals surface area contributed by atoms with Crippen LogP contribution in [0.2, 0.25) is 5.02 Å². The molecule has 0 spiro atoms. The second-order valence-electron chi connectivity index (χ2n) is 4.07. The SMILES string of the molecule is CSCCCCCCNc1ccc(Cl)cc1N. The van der Waals surface area contributed by atoms with Crippen LogP contribution in [-0.2, 0) is 0 Å². The molecule has 0 bridgehead atoms. The van der Waals surface area contributed by atoms with Crippen LogP contribution in [-0.4, -0.2) is 18.6 Å². The van der Waals surface area contributed by atoms with Gasteiger partial charge in [0.05, 0.1) is 11.4 Å². The minimum Gasteiger partial charge on any atom is -0.397 e. The number of thioether (sulfide) groups is 1. The van der Waals surface area contributed by atoms with E-state index in [1.807, 2.05) is 23.9 Å². The lowest BCUT2D eigenvalue weighted by molar-refractivity contribution is 0.689. The van der Waals surface area contributed by atoms with Crippen LogP contribution in [0.5, 0.6) is 0 Å². The number of nitrogen functional groups attached to an aromatic ring is 1. The Morgan fingerprint density at radius 3 is 2.71 bits per heavy atom. The maximum atomic E-state index is 5.85. The molecule has 0 radical (unpaired) electrons. The maximum absolute atomic E-state index is 5.85. The fourth-order valence-corrected chi connectivity index (χ4v) is 2.32. The largest absolute Gasteiger partial charge is 0.397 e. The first-order valence-electron chi connectivity index (χ1n) is 6.02. The van der Waals surface area contributed by atoms with Gasteiger partial charge in [0, 0.05) is 11.6 Å². The van der Waals surface area contributed by atoms with Crippen molar-refractivity contribution in [3.63, 3.8) is 0 Å². The summed E-state index contributed by atoms with van der Waals surface area (Å²) in [7, 11) is 0. The van der Waals surface area contributed by atoms with Crippen LogP contribution in [0.1, 0.15) is 25.7 Å². The first-order valence-corrected chi connectivity index (χ1v) is 7.79. The van der Waals surface area contributed by atoms with Gasteiger partial charge >= 0.3 is 0 Å². The molecule has 1 aromatic rings. The van der Waals surface area contributed by atoms with E-state index in [1.54, 1.807) is 6.07 Å². The van der Waals surface area contributed by atoms with Gasteiger partial charge in [0.15, 0.2) is 0 Å². The Balaban J connectivity index is 2.14. The van der Waals surface area contributed by atoms with E-state index in [9.17, 15) is 0 Å². The topological polar surface area (TPSA) is 38.0 Å². The Kier molecular flexibility index (Phi) is 7.29. The molecule has 0 aliphatic carbocycles. The lowest BCUT2D eigenvalue weighted by Gasteiger charge is -2.09. The molecule has 3 N–H and O–H groups in total. The van der Waals surface area contributed by atoms with Crippen LogP contribution in [0.15, 0.2) is 18.2 Å². The van der Waals surface area contributed by atoms with E-state index in [0.717, 1.165) is 17.9 Å². The molecular formula is C13H21ClN2S. The second kappa shape index (κ2) is 8.54. The first kappa shape index (κ1) is 14.5. The zero-order valence-corrected chi connectivity index (χ0v) is 11.9. The number of nitrogens with one attached hydrogen (secondary N) is 1. The van der Waals surface area contributed by atoms with Gasteiger partial charge in [-0.2, -0.15) is 11.8 Å². The highest BCUT2D eigenvalue weighted by Gasteiger charge is 1.98. The van der Waals surface area contributed by atoms with E-state index >= 15 is 0 Å². The molecule has 0 atom stereocenters. The highest BCUT2D eigenvalue weighted by atomic mass is 35.5. The monoisotopic (exact) mass is 272 g/mol. The summed E-state index contributed by atoms with van der Waals surface area (Å²) in [6.45, 7) is 0.977. The van der Waals surface area contributed by atoms with Crippen molar-refractivity contribution >= 4 is 34.7 Å². The lowest BCUT2D eigenvalue weighted by atomic mass is 10.2. The normalized spacial score (nSPS) is 10.5. The average Bonchev–Trinajstić information content (AvgIpc) is 2.30. The van der Waals surface area contributed by atoms with Crippen molar-refractivity contribution in [3.05, 3.63) is 23.2 Å². The molecule has 0 aromatic heterocycles. The quantitative estimate of drug-likeness (QED) is 0.549. The van der Waals surface area contributed by atoms with Crippen molar-refractivity contribution in [3.8, 4) is 0 Å². The van der Waals surface area contributed by atoms with Gasteiger partial charge < -0.3 is 11.1 Å². The van der Waals surface area contributed by atoms with Crippen molar-refractivity contribution in [2.45, 2.75) is 25.7 Å². The summed E-state index contributed by atoms with van der Waals surface area (Å²) in [6, 6.07) is 5.58. The van der Waals surface area contributed by atoms with Crippen LogP contribution < -0.4 is 11.1 Å². The van der Waals surface area contributed by atoms with E-state index in [2.05, 4.69) is 11.6 Å². The van der Waals surface area contributed by atoms with Crippen LogP contribution in [0.3, 0.4) is 0 Å². The van der Waals surface area contributed by atoms with Crippen molar-refractivity contribution in [2.24, 2.45) is 0 Å². The van der Waals surface area contributed by atoms with Gasteiger partial charge in [-0.3, -0.25) is 0 Å². The number of hydrogen-bond acceptors (Lipinski definition) is 3. The number of halogens is 1. The van der Waals surface area contributed by atoms with Crippen LogP contribution in [0.4, 0.5) is 11.4 Å². The first-order chi connectivity index (χ1) is 8.24. The molecule has 2 nitrogen and oxygen atoms in total. The van der Waals surface area contributed by atoms with Crippen molar-refractivity contribution in [2.75, 3.05) is 29.6 Å². The van der Waals surface area contributed by atoms with Crippen LogP contribution in [0, 0.1) is 0 Å². The molecule has 1 rings (SSSR count). The zero-order valence-electron chi connectivity index (χ0n) is 10.3. The fraction of sp³-hybridized carbons (Fsp3) is 0.538. The van der Waals surface area contributed by atoms with E-state index in [-0.39, 0.29) is 0 Å². The Labute approximate surface area is 113 Å². The maximum Gasteiger partial charge on any atom is 0.0574 e. The molecule has 96 valence electrons. The molecule has 0 saturated carbocycles. The summed E-state index contributed by atoms with van der Waals surface area (Å²) in [5, 5.41) is 4.03. The van der Waals surface area contributed by atoms with Gasteiger partial charge in [0.1, 0.15) is 0 Å². The number of anilines is 2. The minimum atomic E-state index is 0.685. The average molecular weight is 273 g/mol. The third-order valence-corrected chi connectivity index (χ3v) is 3.54. The Bertz CT molecular complexity index is 331. The molecule has 0 aliphatic rings. The summed E-state index contributed by atoms with van der Waals surface area (Å²) >= 11 is 7.76. The third kappa shape index (κ3) is 6.08. The summed E-state index contributed by atoms with van der Waals surface area (Å²) in [4.78, 5) is 0. The molecule has 17 heavy (non-hydrogen) atoms. The van der Waals surface area contributed by atoms with Crippen molar-refractivity contribution in [1.82, 2.24) is 0 Å². The predicted octanol–water partition coefficient (Wildman–Crippen LogP) is 4.26. The highest BCUT2D eigenvalue weighted by Crippen LogP contribution is 2.22. The molecule has 0 saturated heterocycles. The van der Waals surface area contributed by atoms with Crippen molar-refractivity contribution in [1.29, 1.82) is 0 Å². The summed E-state index contributed by atoms with van der Waals surface area (Å²) in [6.07, 6.45) is 7.27. The molecule has 0 aliphatic heterocycles. The molecule has 1 aromatic carbocycles. The molecule has 4 heteroatoms. The standard InChI is InChI=1S/C13H21ClN2S/c1-17-9-5-3-2-4-8-16-13-7-6-11(14)10-12(13)15/h6-7,10,16H,2-5,8-9,15H2,1H3. The van der Waals surface area contributed by atoms with Gasteiger partial charge in [0.2, 0.25) is 0 Å². The van der Waals surface area contributed by atoms with Crippen LogP contribution >= 0.6 is 23.4 Å². The predicted molar refractivity (Wildman–Crippen MR) is 81.2 cm³/mol. The summed E-state index contributed by atoms with van der Waals surface area (Å²) in [5.41, 5.74) is 7.56. The minimum absolute atomic E-state index is 0.685. The Morgan fingerprint density at radius 2 is 2.00 bits per heavy atom. The number of rotatable bonds is 8. The van der Waals surface area contributed by atoms with Gasteiger partial charge in [-0.05, 0) is 43.0 Å². The van der Waals surface area contributed by atoms with E-state index in [1.165, 1.54) is 31.4 Å². The highest BCUT2D eigenvalue weighted by molar-refractivity contribution is 7.98. The van der Waals surface area contributed by atoms with Gasteiger partial charge in [0.25, 0.3) is 0 Å². The molecule has 0 heterocycles. The lowest BCUT2D eigenvalue weighted by Crippen LogP contribution is -2.04. The third-order valence-electron chi connectivity index (χ3n) is 2.60. The molecule has 0 amide bonds. The summed E-state index contributed by atoms with van der Waals surface area (Å²) in [5.74, 6) is 1.28. The fourth-order valence-electron chi connectivity index (χ4n) is 1.64. The van der Waals surface area contributed by atoms with Crippen LogP contribution in [0.25, 0.3) is 0 Å². The number of nitrogens with two attached hydrogens (primary N) is 1. The molecule has 0 unspecified atom stereocenters. The molecular weight excluding hydrogens is 252 g/mol. The summed E-state index contributed by atoms with van der Waals surface area (Å²) < 4.78 is 0. The van der Waals surface area contributed by atoms with Gasteiger partial charge in [-0.25, -0.2) is 0 Å².